The zero-order valence-electron chi connectivity index (χ0n) is 11.0. The zero-order valence-corrected chi connectivity index (χ0v) is 12.7. The highest BCUT2D eigenvalue weighted by atomic mass is 32.2. The average molecular weight is 324 g/mol. The SMILES string of the molecule is CS(=O)c1csc(NC(=O)c2cccc(CC(=O)O)c2)n1. The number of carboxylic acid groups (broad SMARTS) is 1. The molecule has 0 spiro atoms. The van der Waals surface area contributed by atoms with Gasteiger partial charge in [-0.2, -0.15) is 0 Å². The van der Waals surface area contributed by atoms with Crippen LogP contribution in [-0.2, 0) is 22.0 Å². The van der Waals surface area contributed by atoms with Gasteiger partial charge in [0.05, 0.1) is 17.2 Å². The van der Waals surface area contributed by atoms with Crippen LogP contribution in [0.5, 0.6) is 0 Å². The van der Waals surface area contributed by atoms with E-state index in [0.717, 1.165) is 0 Å². The maximum atomic E-state index is 12.1. The maximum absolute atomic E-state index is 12.1. The van der Waals surface area contributed by atoms with Gasteiger partial charge in [-0.15, -0.1) is 11.3 Å². The number of amides is 1. The number of nitrogens with one attached hydrogen (secondary N) is 1. The average Bonchev–Trinajstić information content (AvgIpc) is 2.87. The summed E-state index contributed by atoms with van der Waals surface area (Å²) in [7, 11) is -1.20. The Labute approximate surface area is 127 Å². The molecule has 0 fully saturated rings. The Morgan fingerprint density at radius 3 is 2.81 bits per heavy atom. The molecule has 2 rings (SSSR count). The minimum atomic E-state index is -1.20. The van der Waals surface area contributed by atoms with Crippen molar-refractivity contribution in [3.8, 4) is 0 Å². The van der Waals surface area contributed by atoms with Crippen molar-refractivity contribution in [1.29, 1.82) is 0 Å². The van der Waals surface area contributed by atoms with Gasteiger partial charge in [-0.1, -0.05) is 12.1 Å². The van der Waals surface area contributed by atoms with Crippen LogP contribution in [0.15, 0.2) is 34.7 Å². The standard InChI is InChI=1S/C13H12N2O4S2/c1-21(19)10-7-20-13(14-10)15-12(18)9-4-2-3-8(5-9)6-11(16)17/h2-5,7H,6H2,1H3,(H,16,17)(H,14,15,18). The normalized spacial score (nSPS) is 11.9. The van der Waals surface area contributed by atoms with Gasteiger partial charge in [0.2, 0.25) is 0 Å². The lowest BCUT2D eigenvalue weighted by Gasteiger charge is -2.03. The number of carbonyl (C=O) groups is 2. The van der Waals surface area contributed by atoms with Crippen molar-refractivity contribution in [1.82, 2.24) is 4.98 Å². The first-order valence-electron chi connectivity index (χ1n) is 5.87. The Kier molecular flexibility index (Phi) is 4.81. The molecule has 0 aliphatic carbocycles. The molecule has 2 aromatic rings. The van der Waals surface area contributed by atoms with Crippen molar-refractivity contribution in [2.24, 2.45) is 0 Å². The van der Waals surface area contributed by atoms with Crippen molar-refractivity contribution < 1.29 is 18.9 Å². The molecule has 21 heavy (non-hydrogen) atoms. The Morgan fingerprint density at radius 2 is 2.19 bits per heavy atom. The predicted octanol–water partition coefficient (Wildman–Crippen LogP) is 1.76. The van der Waals surface area contributed by atoms with E-state index in [-0.39, 0.29) is 12.3 Å². The molecule has 6 nitrogen and oxygen atoms in total. The molecule has 0 aliphatic rings. The van der Waals surface area contributed by atoms with Crippen LogP contribution >= 0.6 is 11.3 Å². The fraction of sp³-hybridized carbons (Fsp3) is 0.154. The number of rotatable bonds is 5. The van der Waals surface area contributed by atoms with Gasteiger partial charge in [0.1, 0.15) is 5.03 Å². The highest BCUT2D eigenvalue weighted by Crippen LogP contribution is 2.18. The van der Waals surface area contributed by atoms with E-state index in [1.807, 2.05) is 0 Å². The summed E-state index contributed by atoms with van der Waals surface area (Å²) < 4.78 is 11.2. The van der Waals surface area contributed by atoms with E-state index < -0.39 is 16.8 Å². The molecule has 2 N–H and O–H groups in total. The van der Waals surface area contributed by atoms with E-state index in [0.29, 0.717) is 21.3 Å². The first kappa shape index (κ1) is 15.3. The Balaban J connectivity index is 2.12. The van der Waals surface area contributed by atoms with Crippen LogP contribution in [0.2, 0.25) is 0 Å². The van der Waals surface area contributed by atoms with Crippen LogP contribution in [0.4, 0.5) is 5.13 Å². The Hall–Kier alpha value is -2.06. The van der Waals surface area contributed by atoms with Crippen LogP contribution in [-0.4, -0.2) is 32.4 Å². The van der Waals surface area contributed by atoms with Gasteiger partial charge in [-0.05, 0) is 17.7 Å². The lowest BCUT2D eigenvalue weighted by molar-refractivity contribution is -0.136. The quantitative estimate of drug-likeness (QED) is 0.873. The lowest BCUT2D eigenvalue weighted by atomic mass is 10.1. The summed E-state index contributed by atoms with van der Waals surface area (Å²) in [5.41, 5.74) is 0.896. The predicted molar refractivity (Wildman–Crippen MR) is 80.2 cm³/mol. The second kappa shape index (κ2) is 6.59. The van der Waals surface area contributed by atoms with Crippen molar-refractivity contribution in [3.63, 3.8) is 0 Å². The molecule has 1 aromatic carbocycles. The first-order chi connectivity index (χ1) is 9.95. The molecule has 0 radical (unpaired) electrons. The smallest absolute Gasteiger partial charge is 0.307 e. The summed E-state index contributed by atoms with van der Waals surface area (Å²) in [6, 6.07) is 6.39. The number of thiazole rings is 1. The molecule has 0 saturated heterocycles. The topological polar surface area (TPSA) is 96.4 Å². The number of aromatic nitrogens is 1. The number of carbonyl (C=O) groups excluding carboxylic acids is 1. The molecule has 1 heterocycles. The van der Waals surface area contributed by atoms with Gasteiger partial charge < -0.3 is 5.11 Å². The summed E-state index contributed by atoms with van der Waals surface area (Å²) in [6.45, 7) is 0. The molecule has 110 valence electrons. The van der Waals surface area contributed by atoms with Crippen molar-refractivity contribution in [3.05, 3.63) is 40.8 Å². The Morgan fingerprint density at radius 1 is 1.43 bits per heavy atom. The minimum absolute atomic E-state index is 0.142. The molecule has 8 heteroatoms. The summed E-state index contributed by atoms with van der Waals surface area (Å²) >= 11 is 1.19. The molecule has 1 aromatic heterocycles. The molecule has 1 amide bonds. The molecule has 1 unspecified atom stereocenters. The molecule has 0 bridgehead atoms. The third-order valence-corrected chi connectivity index (χ3v) is 4.25. The molecular formula is C13H12N2O4S2. The summed E-state index contributed by atoms with van der Waals surface area (Å²) in [5, 5.41) is 13.7. The van der Waals surface area contributed by atoms with E-state index in [9.17, 15) is 13.8 Å². The Bertz CT molecular complexity index is 712. The van der Waals surface area contributed by atoms with Gasteiger partial charge in [0, 0.05) is 17.2 Å². The van der Waals surface area contributed by atoms with Crippen LogP contribution in [0, 0.1) is 0 Å². The highest BCUT2D eigenvalue weighted by molar-refractivity contribution is 7.84. The summed E-state index contributed by atoms with van der Waals surface area (Å²) in [4.78, 5) is 26.8. The van der Waals surface area contributed by atoms with E-state index in [1.165, 1.54) is 23.7 Å². The molecule has 0 aliphatic heterocycles. The zero-order chi connectivity index (χ0) is 15.4. The fourth-order valence-corrected chi connectivity index (χ4v) is 3.15. The van der Waals surface area contributed by atoms with Gasteiger partial charge in [0.25, 0.3) is 5.91 Å². The molecule has 0 saturated carbocycles. The number of hydrogen-bond acceptors (Lipinski definition) is 5. The third-order valence-electron chi connectivity index (χ3n) is 2.54. The van der Waals surface area contributed by atoms with Crippen molar-refractivity contribution >= 4 is 39.1 Å². The first-order valence-corrected chi connectivity index (χ1v) is 8.30. The van der Waals surface area contributed by atoms with Crippen LogP contribution < -0.4 is 5.32 Å². The highest BCUT2D eigenvalue weighted by Gasteiger charge is 2.11. The number of aliphatic carboxylic acids is 1. The number of benzene rings is 1. The van der Waals surface area contributed by atoms with Crippen LogP contribution in [0.3, 0.4) is 0 Å². The lowest BCUT2D eigenvalue weighted by Crippen LogP contribution is -2.12. The van der Waals surface area contributed by atoms with Gasteiger partial charge >= 0.3 is 5.97 Å². The maximum Gasteiger partial charge on any atom is 0.307 e. The molecular weight excluding hydrogens is 312 g/mol. The third kappa shape index (κ3) is 4.20. The summed E-state index contributed by atoms with van der Waals surface area (Å²) in [6.07, 6.45) is 1.37. The van der Waals surface area contributed by atoms with Crippen molar-refractivity contribution in [2.75, 3.05) is 11.6 Å². The fourth-order valence-electron chi connectivity index (χ4n) is 1.61. The molecule has 1 atom stereocenters. The van der Waals surface area contributed by atoms with E-state index in [1.54, 1.807) is 23.6 Å². The monoisotopic (exact) mass is 324 g/mol. The largest absolute Gasteiger partial charge is 0.481 e. The van der Waals surface area contributed by atoms with E-state index >= 15 is 0 Å². The number of anilines is 1. The van der Waals surface area contributed by atoms with Crippen LogP contribution in [0.1, 0.15) is 15.9 Å². The van der Waals surface area contributed by atoms with E-state index in [4.69, 9.17) is 5.11 Å². The van der Waals surface area contributed by atoms with Gasteiger partial charge in [0.15, 0.2) is 5.13 Å². The number of nitrogens with zero attached hydrogens (tertiary/aromatic N) is 1. The summed E-state index contributed by atoms with van der Waals surface area (Å²) in [5.74, 6) is -1.34. The minimum Gasteiger partial charge on any atom is -0.481 e. The van der Waals surface area contributed by atoms with E-state index in [2.05, 4.69) is 10.3 Å². The second-order valence-electron chi connectivity index (χ2n) is 4.17. The van der Waals surface area contributed by atoms with Gasteiger partial charge in [-0.3, -0.25) is 19.1 Å². The van der Waals surface area contributed by atoms with Crippen LogP contribution in [0.25, 0.3) is 0 Å². The van der Waals surface area contributed by atoms with Gasteiger partial charge in [-0.25, -0.2) is 4.98 Å². The van der Waals surface area contributed by atoms with Crippen molar-refractivity contribution in [2.45, 2.75) is 11.4 Å². The number of hydrogen-bond donors (Lipinski definition) is 2. The number of carboxylic acids is 1. The second-order valence-corrected chi connectivity index (χ2v) is 6.35.